The van der Waals surface area contributed by atoms with Crippen molar-refractivity contribution in [2.24, 2.45) is 11.8 Å². The van der Waals surface area contributed by atoms with Crippen LogP contribution in [0, 0.1) is 23.7 Å². The number of amides is 4. The summed E-state index contributed by atoms with van der Waals surface area (Å²) in [4.78, 5) is 85.2. The summed E-state index contributed by atoms with van der Waals surface area (Å²) in [6, 6.07) is 39.3. The van der Waals surface area contributed by atoms with Gasteiger partial charge in [0.25, 0.3) is 0 Å². The van der Waals surface area contributed by atoms with Crippen LogP contribution in [0.1, 0.15) is 76.5 Å². The second-order valence-electron chi connectivity index (χ2n) is 20.9. The number of hydrogen-bond donors (Lipinski definition) is 2. The number of carbonyl (C=O) groups is 5. The molecule has 7 unspecified atom stereocenters. The molecule has 10 rings (SSSR count). The molecule has 412 valence electrons. The first kappa shape index (κ1) is 54.8. The van der Waals surface area contributed by atoms with Crippen LogP contribution in [0.2, 0.25) is 0 Å². The minimum atomic E-state index is -2.11. The maximum absolute atomic E-state index is 17.1. The van der Waals surface area contributed by atoms with Crippen LogP contribution in [0.4, 0.5) is 10.5 Å². The summed E-state index contributed by atoms with van der Waals surface area (Å²) in [5, 5.41) is 12.6. The van der Waals surface area contributed by atoms with Gasteiger partial charge in [-0.25, -0.2) is 14.5 Å². The van der Waals surface area contributed by atoms with Crippen LogP contribution in [0.5, 0.6) is 17.2 Å². The highest BCUT2D eigenvalue weighted by molar-refractivity contribution is 6.25. The molecule has 2 fully saturated rings. The lowest BCUT2D eigenvalue weighted by Crippen LogP contribution is -2.58. The molecule has 7 atom stereocenters. The van der Waals surface area contributed by atoms with Crippen LogP contribution in [-0.4, -0.2) is 116 Å². The number of imide groups is 1. The minimum Gasteiger partial charge on any atom is -0.493 e. The van der Waals surface area contributed by atoms with Gasteiger partial charge in [0.05, 0.1) is 58.2 Å². The summed E-state index contributed by atoms with van der Waals surface area (Å²) < 4.78 is 29.2. The third kappa shape index (κ3) is 10.1. The van der Waals surface area contributed by atoms with Crippen molar-refractivity contribution in [1.29, 1.82) is 0 Å². The topological polar surface area (TPSA) is 177 Å². The van der Waals surface area contributed by atoms with Crippen LogP contribution in [0.25, 0.3) is 0 Å². The molecule has 4 aliphatic heterocycles. The standard InChI is InChI=1S/C64H65N5O11/c1-40(2)54(60(72)78-6)65-63(75)68-50-29-24-41(19-16-31-66(3)38-42-17-10-7-11-18-42)35-49(50)64(62(68)74)53(59(71)67-32-30-46-36-51(76-4)52(77-5)37-47(46)39-67)56-61(73)80-57(44-22-14-9-15-23-44)55(43-20-12-8-13-21-43)69(56)58(64)45-25-27-48(28-26-45)79-34-33-70/h7-15,17-18,20-29,35-37,40,53-58,70H,30-34,38-39H2,1-6H3,(H,65,75). The molecule has 2 saturated heterocycles. The number of methoxy groups -OCH3 is 3. The average Bonchev–Trinajstić information content (AvgIpc) is 1.81. The van der Waals surface area contributed by atoms with E-state index in [0.29, 0.717) is 53.4 Å². The van der Waals surface area contributed by atoms with Crippen LogP contribution < -0.4 is 24.4 Å². The highest BCUT2D eigenvalue weighted by Gasteiger charge is 2.76. The van der Waals surface area contributed by atoms with Crippen LogP contribution in [-0.2, 0) is 53.6 Å². The van der Waals surface area contributed by atoms with Crippen molar-refractivity contribution in [1.82, 2.24) is 20.0 Å². The molecule has 0 aliphatic carbocycles. The Morgan fingerprint density at radius 3 is 2.09 bits per heavy atom. The van der Waals surface area contributed by atoms with Gasteiger partial charge >= 0.3 is 18.0 Å². The third-order valence-corrected chi connectivity index (χ3v) is 15.8. The van der Waals surface area contributed by atoms with Crippen LogP contribution in [0.15, 0.2) is 146 Å². The van der Waals surface area contributed by atoms with Gasteiger partial charge in [0.2, 0.25) is 11.8 Å². The number of urea groups is 1. The summed E-state index contributed by atoms with van der Waals surface area (Å²) in [6.07, 6.45) is -0.553. The highest BCUT2D eigenvalue weighted by atomic mass is 16.6. The Balaban J connectivity index is 1.24. The van der Waals surface area contributed by atoms with Crippen molar-refractivity contribution in [2.75, 3.05) is 59.6 Å². The number of aliphatic hydroxyl groups is 1. The number of aliphatic hydroxyl groups excluding tert-OH is 1. The maximum atomic E-state index is 17.1. The molecular weight excluding hydrogens is 1010 g/mol. The Kier molecular flexibility index (Phi) is 16.1. The van der Waals surface area contributed by atoms with Gasteiger partial charge in [-0.1, -0.05) is 129 Å². The van der Waals surface area contributed by atoms with E-state index in [9.17, 15) is 9.90 Å². The first-order valence-electron chi connectivity index (χ1n) is 26.9. The number of nitrogens with zero attached hydrogens (tertiary/aromatic N) is 4. The zero-order chi connectivity index (χ0) is 56.2. The Morgan fingerprint density at radius 2 is 1.45 bits per heavy atom. The van der Waals surface area contributed by atoms with Gasteiger partial charge in [-0.05, 0) is 101 Å². The third-order valence-electron chi connectivity index (χ3n) is 15.8. The fourth-order valence-corrected chi connectivity index (χ4v) is 12.2. The number of hydrogen-bond acceptors (Lipinski definition) is 13. The van der Waals surface area contributed by atoms with Gasteiger partial charge in [0, 0.05) is 25.2 Å². The smallest absolute Gasteiger partial charge is 0.329 e. The van der Waals surface area contributed by atoms with Gasteiger partial charge in [-0.15, -0.1) is 0 Å². The average molecular weight is 1080 g/mol. The normalized spacial score (nSPS) is 21.4. The lowest BCUT2D eigenvalue weighted by atomic mass is 9.64. The molecule has 6 aromatic carbocycles. The van der Waals surface area contributed by atoms with E-state index in [1.165, 1.54) is 7.11 Å². The van der Waals surface area contributed by atoms with Crippen LogP contribution in [0.3, 0.4) is 0 Å². The van der Waals surface area contributed by atoms with E-state index in [4.69, 9.17) is 23.7 Å². The Labute approximate surface area is 466 Å². The molecule has 0 bridgehead atoms. The van der Waals surface area contributed by atoms with Crippen molar-refractivity contribution < 1.29 is 52.8 Å². The number of esters is 2. The summed E-state index contributed by atoms with van der Waals surface area (Å²) in [5.74, 6) is 3.27. The lowest BCUT2D eigenvalue weighted by molar-refractivity contribution is -0.179. The fourth-order valence-electron chi connectivity index (χ4n) is 12.2. The highest BCUT2D eigenvalue weighted by Crippen LogP contribution is 2.66. The first-order chi connectivity index (χ1) is 38.8. The number of ether oxygens (including phenoxy) is 5. The maximum Gasteiger partial charge on any atom is 0.329 e. The molecule has 4 amide bonds. The molecular formula is C64H65N5O11. The Morgan fingerprint density at radius 1 is 0.800 bits per heavy atom. The number of carbonyl (C=O) groups excluding carboxylic acids is 5. The molecule has 80 heavy (non-hydrogen) atoms. The van der Waals surface area contributed by atoms with E-state index in [2.05, 4.69) is 22.1 Å². The second kappa shape index (κ2) is 23.5. The monoisotopic (exact) mass is 1080 g/mol. The zero-order valence-corrected chi connectivity index (χ0v) is 45.7. The van der Waals surface area contributed by atoms with E-state index in [0.717, 1.165) is 27.2 Å². The fraction of sp³-hybridized carbons (Fsp3) is 0.328. The van der Waals surface area contributed by atoms with Crippen molar-refractivity contribution in [3.05, 3.63) is 190 Å². The molecule has 6 aromatic rings. The van der Waals surface area contributed by atoms with Crippen molar-refractivity contribution >= 4 is 35.5 Å². The van der Waals surface area contributed by atoms with E-state index in [1.807, 2.05) is 115 Å². The van der Waals surface area contributed by atoms with E-state index < -0.39 is 77.3 Å². The quantitative estimate of drug-likeness (QED) is 0.0756. The lowest BCUT2D eigenvalue weighted by Gasteiger charge is -2.46. The number of nitrogens with one attached hydrogen (secondary N) is 1. The van der Waals surface area contributed by atoms with E-state index in [-0.39, 0.29) is 37.6 Å². The number of benzene rings is 6. The summed E-state index contributed by atoms with van der Waals surface area (Å²) in [6.45, 7) is 4.58. The Hall–Kier alpha value is -8.49. The molecule has 0 saturated carbocycles. The number of cyclic esters (lactones) is 1. The molecule has 16 heteroatoms. The zero-order valence-electron chi connectivity index (χ0n) is 45.7. The molecule has 1 spiro atoms. The summed E-state index contributed by atoms with van der Waals surface area (Å²) in [5.41, 5.74) is 3.56. The van der Waals surface area contributed by atoms with E-state index in [1.54, 1.807) is 75.4 Å². The van der Waals surface area contributed by atoms with Gasteiger partial charge in [0.1, 0.15) is 36.0 Å². The van der Waals surface area contributed by atoms with Gasteiger partial charge in [-0.2, -0.15) is 0 Å². The minimum absolute atomic E-state index is 0.0144. The van der Waals surface area contributed by atoms with Crippen LogP contribution >= 0.6 is 0 Å². The molecule has 0 aromatic heterocycles. The molecule has 4 heterocycles. The van der Waals surface area contributed by atoms with E-state index >= 15 is 19.2 Å². The summed E-state index contributed by atoms with van der Waals surface area (Å²) >= 11 is 0. The predicted molar refractivity (Wildman–Crippen MR) is 298 cm³/mol. The summed E-state index contributed by atoms with van der Waals surface area (Å²) in [7, 11) is 6.30. The Bertz CT molecular complexity index is 3330. The largest absolute Gasteiger partial charge is 0.493 e. The first-order valence-corrected chi connectivity index (χ1v) is 26.9. The number of anilines is 1. The molecule has 2 N–H and O–H groups in total. The molecule has 4 aliphatic rings. The van der Waals surface area contributed by atoms with Crippen molar-refractivity contribution in [2.45, 2.75) is 69.0 Å². The van der Waals surface area contributed by atoms with Gasteiger partial charge in [0.15, 0.2) is 11.5 Å². The molecule has 16 nitrogen and oxygen atoms in total. The molecule has 0 radical (unpaired) electrons. The van der Waals surface area contributed by atoms with Crippen molar-refractivity contribution in [3.8, 4) is 29.1 Å². The van der Waals surface area contributed by atoms with Crippen molar-refractivity contribution in [3.63, 3.8) is 0 Å². The van der Waals surface area contributed by atoms with Gasteiger partial charge in [-0.3, -0.25) is 24.2 Å². The second-order valence-corrected chi connectivity index (χ2v) is 20.9. The number of rotatable bonds is 15. The SMILES string of the molecule is COC(=O)C(NC(=O)N1C(=O)C2(c3cc(C#CCN(C)Cc4ccccc4)ccc31)C(C(=O)N1CCc3cc(OC)c(OC)cc3C1)C1C(=O)OC(c3ccccc3)C(c3ccccc3)N1C2c1ccc(OCCO)cc1)C(C)C. The number of fused-ring (bicyclic) bond motifs is 4. The predicted octanol–water partition coefficient (Wildman–Crippen LogP) is 7.72. The number of morpholine rings is 1. The van der Waals surface area contributed by atoms with Gasteiger partial charge < -0.3 is 39.0 Å².